The molecule has 1 atom stereocenters. The molecule has 7 nitrogen and oxygen atoms in total. The Bertz CT molecular complexity index is 1470. The molecule has 2 N–H and O–H groups in total. The Balaban J connectivity index is 2.11. The van der Waals surface area contributed by atoms with Crippen molar-refractivity contribution in [1.82, 2.24) is 0 Å². The normalized spacial score (nSPS) is 15.1. The molecule has 1 aliphatic heterocycles. The van der Waals surface area contributed by atoms with Gasteiger partial charge in [0, 0.05) is 22.2 Å². The molecule has 0 saturated heterocycles. The number of aliphatic carboxylic acids is 1. The molecule has 0 amide bonds. The molecule has 9 heteroatoms. The van der Waals surface area contributed by atoms with Gasteiger partial charge in [0.15, 0.2) is 11.9 Å². The number of hydrogen-bond acceptors (Lipinski definition) is 5. The van der Waals surface area contributed by atoms with Crippen molar-refractivity contribution in [3.05, 3.63) is 69.7 Å². The van der Waals surface area contributed by atoms with Gasteiger partial charge in [0.1, 0.15) is 10.6 Å². The summed E-state index contributed by atoms with van der Waals surface area (Å²) < 4.78 is 41.4. The van der Waals surface area contributed by atoms with Crippen LogP contribution in [0.2, 0.25) is 5.02 Å². The number of benzene rings is 3. The standard InChI is InChI=1S/C27H28ClNO6S/c1-14-7-9-17(10-8-14)21-16(3)24-23(15(2)22(21)25(26(30)31)35-27(4,5)6)29-36(32,33)20-12-11-18(28)13-19(20)34-24/h7-13,25,29H,1-6H3,(H,30,31)/t25-/m0/s1. The summed E-state index contributed by atoms with van der Waals surface area (Å²) in [4.78, 5) is 12.5. The molecule has 0 aliphatic carbocycles. The third-order valence-electron chi connectivity index (χ3n) is 5.93. The first-order valence-corrected chi connectivity index (χ1v) is 13.2. The number of anilines is 1. The molecular weight excluding hydrogens is 502 g/mol. The summed E-state index contributed by atoms with van der Waals surface area (Å²) in [5.74, 6) is -0.830. The minimum absolute atomic E-state index is 0.0685. The minimum Gasteiger partial charge on any atom is -0.479 e. The van der Waals surface area contributed by atoms with Gasteiger partial charge in [-0.1, -0.05) is 41.4 Å². The van der Waals surface area contributed by atoms with E-state index in [0.717, 1.165) is 11.1 Å². The Morgan fingerprint density at radius 3 is 2.28 bits per heavy atom. The van der Waals surface area contributed by atoms with Crippen LogP contribution in [0, 0.1) is 20.8 Å². The topological polar surface area (TPSA) is 102 Å². The molecule has 1 aliphatic rings. The van der Waals surface area contributed by atoms with Gasteiger partial charge in [0.05, 0.1) is 11.3 Å². The van der Waals surface area contributed by atoms with Gasteiger partial charge < -0.3 is 14.6 Å². The average molecular weight is 530 g/mol. The number of aryl methyl sites for hydroxylation is 1. The van der Waals surface area contributed by atoms with E-state index in [0.29, 0.717) is 27.3 Å². The number of hydrogen-bond donors (Lipinski definition) is 2. The summed E-state index contributed by atoms with van der Waals surface area (Å²) >= 11 is 6.15. The van der Waals surface area contributed by atoms with E-state index in [2.05, 4.69) is 4.72 Å². The number of halogens is 1. The monoisotopic (exact) mass is 529 g/mol. The lowest BCUT2D eigenvalue weighted by atomic mass is 9.86. The second-order valence-corrected chi connectivity index (χ2v) is 11.9. The molecule has 0 spiro atoms. The Kier molecular flexibility index (Phi) is 6.58. The molecule has 0 aromatic heterocycles. The summed E-state index contributed by atoms with van der Waals surface area (Å²) in [6, 6.07) is 11.9. The molecule has 190 valence electrons. The Labute approximate surface area is 216 Å². The van der Waals surface area contributed by atoms with E-state index in [1.807, 2.05) is 31.2 Å². The molecule has 3 aromatic carbocycles. The second-order valence-electron chi connectivity index (χ2n) is 9.86. The van der Waals surface area contributed by atoms with Gasteiger partial charge in [-0.25, -0.2) is 13.2 Å². The number of fused-ring (bicyclic) bond motifs is 2. The van der Waals surface area contributed by atoms with E-state index in [9.17, 15) is 18.3 Å². The van der Waals surface area contributed by atoms with Crippen LogP contribution in [0.5, 0.6) is 11.5 Å². The van der Waals surface area contributed by atoms with Crippen LogP contribution in [-0.2, 0) is 19.6 Å². The summed E-state index contributed by atoms with van der Waals surface area (Å²) in [5.41, 5.74) is 3.08. The highest BCUT2D eigenvalue weighted by Crippen LogP contribution is 2.50. The average Bonchev–Trinajstić information content (AvgIpc) is 2.88. The molecule has 0 bridgehead atoms. The third kappa shape index (κ3) is 4.81. The van der Waals surface area contributed by atoms with E-state index in [4.69, 9.17) is 21.1 Å². The van der Waals surface area contributed by atoms with Crippen molar-refractivity contribution in [2.45, 2.75) is 58.1 Å². The number of carbonyl (C=O) groups is 1. The SMILES string of the molecule is Cc1ccc(-c2c(C)c3c(c(C)c2[C@H](OC(C)(C)C)C(=O)O)NS(=O)(=O)c2ccc(Cl)cc2O3)cc1. The summed E-state index contributed by atoms with van der Waals surface area (Å²) in [5, 5.41) is 10.6. The van der Waals surface area contributed by atoms with Crippen molar-refractivity contribution in [1.29, 1.82) is 0 Å². The number of ether oxygens (including phenoxy) is 2. The lowest BCUT2D eigenvalue weighted by molar-refractivity contribution is -0.160. The Hall–Kier alpha value is -3.07. The van der Waals surface area contributed by atoms with Gasteiger partial charge in [-0.2, -0.15) is 0 Å². The fraction of sp³-hybridized carbons (Fsp3) is 0.296. The maximum absolute atomic E-state index is 13.3. The second kappa shape index (κ2) is 9.10. The minimum atomic E-state index is -4.05. The van der Waals surface area contributed by atoms with Crippen molar-refractivity contribution < 1.29 is 27.8 Å². The van der Waals surface area contributed by atoms with Crippen LogP contribution >= 0.6 is 11.6 Å². The first-order chi connectivity index (χ1) is 16.7. The van der Waals surface area contributed by atoms with E-state index in [1.54, 1.807) is 34.6 Å². The van der Waals surface area contributed by atoms with E-state index in [1.165, 1.54) is 18.2 Å². The molecule has 4 rings (SSSR count). The summed E-state index contributed by atoms with van der Waals surface area (Å²) in [6.45, 7) is 10.7. The fourth-order valence-electron chi connectivity index (χ4n) is 4.34. The number of nitrogens with one attached hydrogen (secondary N) is 1. The number of rotatable bonds is 4. The smallest absolute Gasteiger partial charge is 0.337 e. The van der Waals surface area contributed by atoms with Gasteiger partial charge >= 0.3 is 5.97 Å². The van der Waals surface area contributed by atoms with Gasteiger partial charge in [0.2, 0.25) is 0 Å². The van der Waals surface area contributed by atoms with Crippen molar-refractivity contribution in [3.63, 3.8) is 0 Å². The lowest BCUT2D eigenvalue weighted by Gasteiger charge is -2.30. The fourth-order valence-corrected chi connectivity index (χ4v) is 5.73. The quantitative estimate of drug-likeness (QED) is 0.386. The van der Waals surface area contributed by atoms with E-state index in [-0.39, 0.29) is 22.1 Å². The Morgan fingerprint density at radius 1 is 1.06 bits per heavy atom. The van der Waals surface area contributed by atoms with E-state index < -0.39 is 27.7 Å². The Morgan fingerprint density at radius 2 is 1.69 bits per heavy atom. The molecule has 0 fully saturated rings. The molecule has 3 aromatic rings. The zero-order valence-corrected chi connectivity index (χ0v) is 22.5. The first kappa shape index (κ1) is 26.0. The van der Waals surface area contributed by atoms with Crippen LogP contribution in [0.15, 0.2) is 47.4 Å². The van der Waals surface area contributed by atoms with Gasteiger partial charge in [-0.05, 0) is 70.4 Å². The largest absolute Gasteiger partial charge is 0.479 e. The van der Waals surface area contributed by atoms with Gasteiger partial charge in [-0.15, -0.1) is 0 Å². The highest BCUT2D eigenvalue weighted by Gasteiger charge is 2.37. The zero-order valence-electron chi connectivity index (χ0n) is 20.9. The van der Waals surface area contributed by atoms with Crippen LogP contribution in [-0.4, -0.2) is 25.1 Å². The van der Waals surface area contributed by atoms with Gasteiger partial charge in [0.25, 0.3) is 10.0 Å². The molecule has 0 unspecified atom stereocenters. The maximum atomic E-state index is 13.3. The predicted molar refractivity (Wildman–Crippen MR) is 140 cm³/mol. The van der Waals surface area contributed by atoms with Gasteiger partial charge in [-0.3, -0.25) is 4.72 Å². The van der Waals surface area contributed by atoms with Crippen molar-refractivity contribution in [3.8, 4) is 22.6 Å². The third-order valence-corrected chi connectivity index (χ3v) is 7.56. The molecule has 0 saturated carbocycles. The highest BCUT2D eigenvalue weighted by molar-refractivity contribution is 7.92. The molecule has 1 heterocycles. The van der Waals surface area contributed by atoms with E-state index >= 15 is 0 Å². The predicted octanol–water partition coefficient (Wildman–Crippen LogP) is 6.78. The zero-order chi connectivity index (χ0) is 26.6. The molecule has 0 radical (unpaired) electrons. The van der Waals surface area contributed by atoms with Crippen LogP contribution in [0.25, 0.3) is 11.1 Å². The number of carboxylic acid groups (broad SMARTS) is 1. The highest BCUT2D eigenvalue weighted by atomic mass is 35.5. The maximum Gasteiger partial charge on any atom is 0.337 e. The number of sulfonamides is 1. The number of carboxylic acids is 1. The van der Waals surface area contributed by atoms with Crippen LogP contribution in [0.4, 0.5) is 5.69 Å². The first-order valence-electron chi connectivity index (χ1n) is 11.3. The van der Waals surface area contributed by atoms with Crippen LogP contribution in [0.3, 0.4) is 0 Å². The van der Waals surface area contributed by atoms with Crippen LogP contribution in [0.1, 0.15) is 49.1 Å². The summed E-state index contributed by atoms with van der Waals surface area (Å²) in [7, 11) is -4.05. The lowest BCUT2D eigenvalue weighted by Crippen LogP contribution is -2.28. The van der Waals surface area contributed by atoms with Crippen molar-refractivity contribution in [2.75, 3.05) is 4.72 Å². The van der Waals surface area contributed by atoms with Crippen molar-refractivity contribution in [2.24, 2.45) is 0 Å². The van der Waals surface area contributed by atoms with Crippen molar-refractivity contribution >= 4 is 33.3 Å². The summed E-state index contributed by atoms with van der Waals surface area (Å²) in [6.07, 6.45) is -1.37. The molecule has 36 heavy (non-hydrogen) atoms. The molecular formula is C27H28ClNO6S. The van der Waals surface area contributed by atoms with Crippen LogP contribution < -0.4 is 9.46 Å².